The van der Waals surface area contributed by atoms with Gasteiger partial charge in [0.2, 0.25) is 12.4 Å². The van der Waals surface area contributed by atoms with E-state index < -0.39 is 0 Å². The number of hydrogen-bond acceptors (Lipinski definition) is 7. The van der Waals surface area contributed by atoms with Gasteiger partial charge in [0, 0.05) is 65.1 Å². The number of hydrogen-bond donors (Lipinski definition) is 1. The number of imidazole rings is 1. The van der Waals surface area contributed by atoms with Gasteiger partial charge in [0.15, 0.2) is 0 Å². The Hall–Kier alpha value is -4.28. The molecule has 0 unspecified atom stereocenters. The number of piperazine rings is 1. The summed E-state index contributed by atoms with van der Waals surface area (Å²) in [6.45, 7) is 5.17. The first-order valence-corrected chi connectivity index (χ1v) is 12.5. The molecule has 2 amide bonds. The average molecular weight is 514 g/mol. The highest BCUT2D eigenvalue weighted by Crippen LogP contribution is 2.30. The molecule has 1 N–H and O–H groups in total. The van der Waals surface area contributed by atoms with Gasteiger partial charge in [0.1, 0.15) is 17.2 Å². The standard InChI is InChI=1S/C28H31N7O3/c1-29-27(37)25-17-23(10-11-30-25)38-22-8-9-26-24(16-22)31-28(33(26)3)35(19-36)21-6-4-20(5-7-21)18-34-14-12-32(2)13-15-34/h4-11,16-17,19H,12-15,18H2,1-3H3,(H,29,37). The molecule has 1 fully saturated rings. The number of aromatic nitrogens is 3. The number of likely N-dealkylation sites (N-methyl/N-ethyl adjacent to an activating group) is 1. The highest BCUT2D eigenvalue weighted by molar-refractivity contribution is 5.92. The second-order valence-electron chi connectivity index (χ2n) is 9.40. The Balaban J connectivity index is 1.35. The fourth-order valence-electron chi connectivity index (χ4n) is 4.56. The molecule has 4 aromatic rings. The summed E-state index contributed by atoms with van der Waals surface area (Å²) in [4.78, 5) is 39.2. The molecule has 0 bridgehead atoms. The smallest absolute Gasteiger partial charge is 0.269 e. The van der Waals surface area contributed by atoms with Crippen LogP contribution in [-0.2, 0) is 18.4 Å². The van der Waals surface area contributed by atoms with E-state index in [0.29, 0.717) is 23.0 Å². The van der Waals surface area contributed by atoms with Gasteiger partial charge in [-0.3, -0.25) is 24.4 Å². The van der Waals surface area contributed by atoms with E-state index in [9.17, 15) is 9.59 Å². The van der Waals surface area contributed by atoms with Gasteiger partial charge in [-0.2, -0.15) is 0 Å². The van der Waals surface area contributed by atoms with E-state index in [1.807, 2.05) is 35.9 Å². The quantitative estimate of drug-likeness (QED) is 0.362. The number of carbonyl (C=O) groups excluding carboxylic acids is 2. The average Bonchev–Trinajstić information content (AvgIpc) is 3.26. The summed E-state index contributed by atoms with van der Waals surface area (Å²) in [6.07, 6.45) is 2.31. The number of carbonyl (C=O) groups is 2. The van der Waals surface area contributed by atoms with Gasteiger partial charge < -0.3 is 19.5 Å². The molecule has 2 aromatic heterocycles. The highest BCUT2D eigenvalue weighted by atomic mass is 16.5. The van der Waals surface area contributed by atoms with E-state index in [0.717, 1.165) is 50.3 Å². The molecular weight excluding hydrogens is 482 g/mol. The molecule has 0 aliphatic carbocycles. The Morgan fingerprint density at radius 3 is 2.47 bits per heavy atom. The van der Waals surface area contributed by atoms with Crippen molar-refractivity contribution in [3.05, 3.63) is 72.1 Å². The van der Waals surface area contributed by atoms with E-state index in [4.69, 9.17) is 9.72 Å². The molecule has 38 heavy (non-hydrogen) atoms. The van der Waals surface area contributed by atoms with Crippen LogP contribution < -0.4 is 15.0 Å². The zero-order chi connectivity index (χ0) is 26.6. The van der Waals surface area contributed by atoms with Gasteiger partial charge in [0.05, 0.1) is 16.7 Å². The number of nitrogens with zero attached hydrogens (tertiary/aromatic N) is 6. The van der Waals surface area contributed by atoms with Crippen LogP contribution in [0.5, 0.6) is 11.5 Å². The third-order valence-electron chi connectivity index (χ3n) is 6.79. The third-order valence-corrected chi connectivity index (χ3v) is 6.79. The van der Waals surface area contributed by atoms with E-state index in [-0.39, 0.29) is 11.6 Å². The summed E-state index contributed by atoms with van der Waals surface area (Å²) in [5.41, 5.74) is 3.76. The molecule has 10 nitrogen and oxygen atoms in total. The van der Waals surface area contributed by atoms with Gasteiger partial charge in [-0.1, -0.05) is 12.1 Å². The first-order valence-electron chi connectivity index (χ1n) is 12.5. The maximum atomic E-state index is 12.2. The van der Waals surface area contributed by atoms with Crippen LogP contribution >= 0.6 is 0 Å². The van der Waals surface area contributed by atoms with Crippen LogP contribution in [0.15, 0.2) is 60.8 Å². The molecule has 196 valence electrons. The molecule has 2 aromatic carbocycles. The van der Waals surface area contributed by atoms with Crippen molar-refractivity contribution in [2.75, 3.05) is 45.2 Å². The van der Waals surface area contributed by atoms with E-state index in [1.165, 1.54) is 11.8 Å². The maximum Gasteiger partial charge on any atom is 0.269 e. The Labute approximate surface area is 221 Å². The van der Waals surface area contributed by atoms with Crippen LogP contribution in [0.1, 0.15) is 16.1 Å². The largest absolute Gasteiger partial charge is 0.457 e. The molecule has 3 heterocycles. The first kappa shape index (κ1) is 25.4. The number of benzene rings is 2. The van der Waals surface area contributed by atoms with E-state index in [2.05, 4.69) is 39.3 Å². The Kier molecular flexibility index (Phi) is 7.34. The molecule has 1 aliphatic heterocycles. The van der Waals surface area contributed by atoms with E-state index in [1.54, 1.807) is 30.1 Å². The molecule has 0 saturated carbocycles. The van der Waals surface area contributed by atoms with Gasteiger partial charge in [-0.15, -0.1) is 0 Å². The minimum atomic E-state index is -0.290. The van der Waals surface area contributed by atoms with Crippen molar-refractivity contribution in [2.45, 2.75) is 6.54 Å². The summed E-state index contributed by atoms with van der Waals surface area (Å²) in [5, 5.41) is 2.55. The van der Waals surface area contributed by atoms with Crippen LogP contribution in [0.25, 0.3) is 11.0 Å². The normalized spacial score (nSPS) is 14.4. The summed E-state index contributed by atoms with van der Waals surface area (Å²) in [7, 11) is 5.58. The topological polar surface area (TPSA) is 95.8 Å². The van der Waals surface area contributed by atoms with Crippen molar-refractivity contribution >= 4 is 35.0 Å². The summed E-state index contributed by atoms with van der Waals surface area (Å²) < 4.78 is 7.84. The second-order valence-corrected chi connectivity index (χ2v) is 9.40. The first-order chi connectivity index (χ1) is 18.4. The zero-order valence-corrected chi connectivity index (χ0v) is 21.8. The van der Waals surface area contributed by atoms with Crippen molar-refractivity contribution in [1.29, 1.82) is 0 Å². The number of nitrogens with one attached hydrogen (secondary N) is 1. The zero-order valence-electron chi connectivity index (χ0n) is 21.8. The van der Waals surface area contributed by atoms with Gasteiger partial charge in [-0.25, -0.2) is 4.98 Å². The summed E-state index contributed by atoms with van der Waals surface area (Å²) in [5.74, 6) is 1.26. The van der Waals surface area contributed by atoms with Crippen LogP contribution in [0.3, 0.4) is 0 Å². The number of anilines is 2. The predicted octanol–water partition coefficient (Wildman–Crippen LogP) is 3.16. The fraction of sp³-hybridized carbons (Fsp3) is 0.286. The lowest BCUT2D eigenvalue weighted by atomic mass is 10.1. The Morgan fingerprint density at radius 2 is 1.76 bits per heavy atom. The molecule has 5 rings (SSSR count). The lowest BCUT2D eigenvalue weighted by Gasteiger charge is -2.32. The van der Waals surface area contributed by atoms with Crippen LogP contribution in [0, 0.1) is 0 Å². The van der Waals surface area contributed by atoms with Crippen LogP contribution in [-0.4, -0.2) is 76.9 Å². The number of aryl methyl sites for hydroxylation is 1. The maximum absolute atomic E-state index is 12.2. The Bertz CT molecular complexity index is 1440. The second kappa shape index (κ2) is 11.0. The van der Waals surface area contributed by atoms with Gasteiger partial charge in [0.25, 0.3) is 5.91 Å². The Morgan fingerprint density at radius 1 is 1.03 bits per heavy atom. The molecular formula is C28H31N7O3. The summed E-state index contributed by atoms with van der Waals surface area (Å²) in [6, 6.07) is 16.8. The van der Waals surface area contributed by atoms with Crippen molar-refractivity contribution < 1.29 is 14.3 Å². The summed E-state index contributed by atoms with van der Waals surface area (Å²) >= 11 is 0. The lowest BCUT2D eigenvalue weighted by molar-refractivity contribution is -0.106. The lowest BCUT2D eigenvalue weighted by Crippen LogP contribution is -2.43. The number of pyridine rings is 1. The fourth-order valence-corrected chi connectivity index (χ4v) is 4.56. The number of fused-ring (bicyclic) bond motifs is 1. The molecule has 0 spiro atoms. The van der Waals surface area contributed by atoms with Crippen molar-refractivity contribution in [2.24, 2.45) is 7.05 Å². The highest BCUT2D eigenvalue weighted by Gasteiger charge is 2.18. The number of ether oxygens (including phenoxy) is 1. The third kappa shape index (κ3) is 5.36. The molecule has 1 saturated heterocycles. The minimum absolute atomic E-state index is 0.266. The minimum Gasteiger partial charge on any atom is -0.457 e. The van der Waals surface area contributed by atoms with Crippen LogP contribution in [0.4, 0.5) is 11.6 Å². The van der Waals surface area contributed by atoms with E-state index >= 15 is 0 Å². The molecule has 10 heteroatoms. The van der Waals surface area contributed by atoms with Crippen LogP contribution in [0.2, 0.25) is 0 Å². The molecule has 0 radical (unpaired) electrons. The van der Waals surface area contributed by atoms with Gasteiger partial charge >= 0.3 is 0 Å². The molecule has 0 atom stereocenters. The van der Waals surface area contributed by atoms with Crippen molar-refractivity contribution in [3.63, 3.8) is 0 Å². The van der Waals surface area contributed by atoms with Crippen molar-refractivity contribution in [1.82, 2.24) is 29.7 Å². The monoisotopic (exact) mass is 513 g/mol. The predicted molar refractivity (Wildman–Crippen MR) is 146 cm³/mol. The van der Waals surface area contributed by atoms with Crippen molar-refractivity contribution in [3.8, 4) is 11.5 Å². The molecule has 1 aliphatic rings. The number of rotatable bonds is 8. The number of amides is 2. The van der Waals surface area contributed by atoms with Gasteiger partial charge in [-0.05, 0) is 42.9 Å². The SMILES string of the molecule is CNC(=O)c1cc(Oc2ccc3c(c2)nc(N(C=O)c2ccc(CN4CCN(C)CC4)cc2)n3C)ccn1.